The van der Waals surface area contributed by atoms with Gasteiger partial charge in [0.1, 0.15) is 18.2 Å². The number of aromatic nitrogens is 2. The van der Waals surface area contributed by atoms with E-state index in [9.17, 15) is 18.4 Å². The molecule has 0 spiro atoms. The van der Waals surface area contributed by atoms with Gasteiger partial charge in [-0.05, 0) is 42.5 Å². The molecule has 190 valence electrons. The van der Waals surface area contributed by atoms with Gasteiger partial charge in [0, 0.05) is 31.0 Å². The van der Waals surface area contributed by atoms with Gasteiger partial charge in [-0.2, -0.15) is 0 Å². The normalized spacial score (nSPS) is 10.8. The molecule has 7 nitrogen and oxygen atoms in total. The van der Waals surface area contributed by atoms with Gasteiger partial charge in [0.05, 0.1) is 23.0 Å². The van der Waals surface area contributed by atoms with Crippen LogP contribution < -0.4 is 5.32 Å². The number of nitrogens with one attached hydrogen (secondary N) is 1. The lowest BCUT2D eigenvalue weighted by Crippen LogP contribution is -2.40. The van der Waals surface area contributed by atoms with Gasteiger partial charge >= 0.3 is 0 Å². The average Bonchev–Trinajstić information content (AvgIpc) is 3.32. The van der Waals surface area contributed by atoms with Crippen LogP contribution in [0.15, 0.2) is 79.0 Å². The summed E-state index contributed by atoms with van der Waals surface area (Å²) in [5.41, 5.74) is 2.09. The highest BCUT2D eigenvalue weighted by Crippen LogP contribution is 2.26. The number of amides is 2. The summed E-state index contributed by atoms with van der Waals surface area (Å²) in [5.74, 6) is -1.86. The smallest absolute Gasteiger partial charge is 0.254 e. The summed E-state index contributed by atoms with van der Waals surface area (Å²) >= 11 is 5.99. The topological polar surface area (TPSA) is 76.5 Å². The molecule has 0 aliphatic heterocycles. The van der Waals surface area contributed by atoms with Crippen molar-refractivity contribution in [2.24, 2.45) is 0 Å². The molecule has 0 aliphatic rings. The molecule has 0 aliphatic carbocycles. The molecule has 0 fully saturated rings. The molecule has 0 unspecified atom stereocenters. The number of nitrogens with zero attached hydrogens (tertiary/aromatic N) is 3. The quantitative estimate of drug-likeness (QED) is 0.326. The fourth-order valence-corrected chi connectivity index (χ4v) is 3.79. The van der Waals surface area contributed by atoms with Gasteiger partial charge in [-0.25, -0.2) is 13.8 Å². The molecule has 1 N–H and O–H groups in total. The van der Waals surface area contributed by atoms with Crippen LogP contribution in [0.25, 0.3) is 16.9 Å². The molecular formula is C27H23ClF2N4O3. The van der Waals surface area contributed by atoms with E-state index in [1.54, 1.807) is 10.8 Å². The maximum atomic E-state index is 13.8. The third-order valence-electron chi connectivity index (χ3n) is 5.49. The SMILES string of the molecule is COCCN(CC(=O)Nc1nc(-c2ccccc2)cn1-c1ccc(F)c(Cl)c1)C(=O)c1ccc(F)cc1. The highest BCUT2D eigenvalue weighted by Gasteiger charge is 2.21. The molecule has 0 saturated carbocycles. The Labute approximate surface area is 217 Å². The van der Waals surface area contributed by atoms with Crippen LogP contribution in [0.3, 0.4) is 0 Å². The van der Waals surface area contributed by atoms with Crippen molar-refractivity contribution in [2.45, 2.75) is 0 Å². The standard InChI is InChI=1S/C27H23ClF2N4O3/c1-37-14-13-33(26(36)19-7-9-20(29)10-8-19)17-25(35)32-27-31-24(18-5-3-2-4-6-18)16-34(27)21-11-12-23(30)22(28)15-21/h2-12,15-16H,13-14,17H2,1H3,(H,31,32,35). The summed E-state index contributed by atoms with van der Waals surface area (Å²) in [6.45, 7) is 0.0236. The first-order valence-electron chi connectivity index (χ1n) is 11.3. The first-order chi connectivity index (χ1) is 17.9. The van der Waals surface area contributed by atoms with Gasteiger partial charge in [-0.15, -0.1) is 0 Å². The van der Waals surface area contributed by atoms with Crippen LogP contribution in [0.4, 0.5) is 14.7 Å². The molecule has 0 radical (unpaired) electrons. The summed E-state index contributed by atoms with van der Waals surface area (Å²) in [6.07, 6.45) is 1.70. The summed E-state index contributed by atoms with van der Waals surface area (Å²) in [6, 6.07) is 18.5. The van der Waals surface area contributed by atoms with E-state index in [0.717, 1.165) is 5.56 Å². The second-order valence-corrected chi connectivity index (χ2v) is 8.47. The molecule has 1 aromatic heterocycles. The summed E-state index contributed by atoms with van der Waals surface area (Å²) in [4.78, 5) is 31.9. The number of hydrogen-bond donors (Lipinski definition) is 1. The van der Waals surface area contributed by atoms with Crippen molar-refractivity contribution in [1.82, 2.24) is 14.5 Å². The van der Waals surface area contributed by atoms with Crippen molar-refractivity contribution in [1.29, 1.82) is 0 Å². The zero-order chi connectivity index (χ0) is 26.4. The predicted octanol–water partition coefficient (Wildman–Crippen LogP) is 5.20. The number of imidazole rings is 1. The first-order valence-corrected chi connectivity index (χ1v) is 11.7. The maximum Gasteiger partial charge on any atom is 0.254 e. The summed E-state index contributed by atoms with van der Waals surface area (Å²) < 4.78 is 33.8. The third kappa shape index (κ3) is 6.38. The molecule has 1 heterocycles. The van der Waals surface area contributed by atoms with Gasteiger partial charge in [0.15, 0.2) is 0 Å². The van der Waals surface area contributed by atoms with Gasteiger partial charge in [-0.3, -0.25) is 19.5 Å². The maximum absolute atomic E-state index is 13.8. The Morgan fingerprint density at radius 3 is 2.46 bits per heavy atom. The molecule has 37 heavy (non-hydrogen) atoms. The Morgan fingerprint density at radius 2 is 1.78 bits per heavy atom. The minimum Gasteiger partial charge on any atom is -0.383 e. The van der Waals surface area contributed by atoms with Crippen molar-refractivity contribution >= 4 is 29.4 Å². The van der Waals surface area contributed by atoms with Crippen LogP contribution in [0.5, 0.6) is 0 Å². The van der Waals surface area contributed by atoms with E-state index in [1.807, 2.05) is 30.3 Å². The van der Waals surface area contributed by atoms with E-state index in [4.69, 9.17) is 16.3 Å². The summed E-state index contributed by atoms with van der Waals surface area (Å²) in [7, 11) is 1.48. The largest absolute Gasteiger partial charge is 0.383 e. The van der Waals surface area contributed by atoms with Crippen molar-refractivity contribution < 1.29 is 23.1 Å². The molecule has 4 rings (SSSR count). The van der Waals surface area contributed by atoms with Crippen molar-refractivity contribution in [2.75, 3.05) is 32.1 Å². The molecule has 3 aromatic carbocycles. The second kappa shape index (κ2) is 11.8. The lowest BCUT2D eigenvalue weighted by molar-refractivity contribution is -0.117. The zero-order valence-electron chi connectivity index (χ0n) is 19.8. The van der Waals surface area contributed by atoms with Crippen LogP contribution >= 0.6 is 11.6 Å². The average molecular weight is 525 g/mol. The number of rotatable bonds is 9. The first kappa shape index (κ1) is 26.0. The Kier molecular flexibility index (Phi) is 8.27. The molecule has 4 aromatic rings. The molecule has 2 amide bonds. The Morgan fingerprint density at radius 1 is 1.05 bits per heavy atom. The zero-order valence-corrected chi connectivity index (χ0v) is 20.6. The van der Waals surface area contributed by atoms with Crippen LogP contribution in [-0.2, 0) is 9.53 Å². The van der Waals surface area contributed by atoms with Gasteiger partial charge in [0.25, 0.3) is 5.91 Å². The van der Waals surface area contributed by atoms with Crippen LogP contribution in [0.1, 0.15) is 10.4 Å². The Hall–Kier alpha value is -4.08. The summed E-state index contributed by atoms with van der Waals surface area (Å²) in [5, 5.41) is 2.65. The number of methoxy groups -OCH3 is 1. The molecule has 0 atom stereocenters. The predicted molar refractivity (Wildman–Crippen MR) is 137 cm³/mol. The van der Waals surface area contributed by atoms with Crippen LogP contribution in [0, 0.1) is 11.6 Å². The number of carbonyl (C=O) groups excluding carboxylic acids is 2. The van der Waals surface area contributed by atoms with Gasteiger partial charge < -0.3 is 9.64 Å². The van der Waals surface area contributed by atoms with Crippen LogP contribution in [-0.4, -0.2) is 53.1 Å². The molecule has 0 saturated heterocycles. The number of carbonyl (C=O) groups is 2. The van der Waals surface area contributed by atoms with Gasteiger partial charge in [0.2, 0.25) is 11.9 Å². The highest BCUT2D eigenvalue weighted by molar-refractivity contribution is 6.30. The van der Waals surface area contributed by atoms with E-state index in [1.165, 1.54) is 54.5 Å². The number of ether oxygens (including phenoxy) is 1. The molecular weight excluding hydrogens is 502 g/mol. The third-order valence-corrected chi connectivity index (χ3v) is 5.78. The highest BCUT2D eigenvalue weighted by atomic mass is 35.5. The second-order valence-electron chi connectivity index (χ2n) is 8.06. The lowest BCUT2D eigenvalue weighted by Gasteiger charge is -2.22. The monoisotopic (exact) mass is 524 g/mol. The number of hydrogen-bond acceptors (Lipinski definition) is 4. The van der Waals surface area contributed by atoms with Crippen LogP contribution in [0.2, 0.25) is 5.02 Å². The number of benzene rings is 3. The minimum atomic E-state index is -0.576. The lowest BCUT2D eigenvalue weighted by atomic mass is 10.2. The molecule has 0 bridgehead atoms. The van der Waals surface area contributed by atoms with Gasteiger partial charge in [-0.1, -0.05) is 41.9 Å². The van der Waals surface area contributed by atoms with E-state index in [2.05, 4.69) is 10.3 Å². The van der Waals surface area contributed by atoms with E-state index >= 15 is 0 Å². The minimum absolute atomic E-state index is 0.0830. The Bertz CT molecular complexity index is 1390. The van der Waals surface area contributed by atoms with Crippen molar-refractivity contribution in [3.63, 3.8) is 0 Å². The number of halogens is 3. The van der Waals surface area contributed by atoms with E-state index in [-0.39, 0.29) is 36.2 Å². The fourth-order valence-electron chi connectivity index (χ4n) is 3.61. The van der Waals surface area contributed by atoms with E-state index < -0.39 is 23.4 Å². The Balaban J connectivity index is 1.61. The van der Waals surface area contributed by atoms with Crippen molar-refractivity contribution in [3.8, 4) is 16.9 Å². The fraction of sp³-hybridized carbons (Fsp3) is 0.148. The van der Waals surface area contributed by atoms with Crippen molar-refractivity contribution in [3.05, 3.63) is 101 Å². The molecule has 10 heteroatoms. The number of anilines is 1. The van der Waals surface area contributed by atoms with E-state index in [0.29, 0.717) is 11.4 Å².